The van der Waals surface area contributed by atoms with Gasteiger partial charge in [0, 0.05) is 22.3 Å². The molecule has 1 aromatic heterocycles. The third-order valence-electron chi connectivity index (χ3n) is 2.93. The molecule has 1 heterocycles. The maximum Gasteiger partial charge on any atom is 0.276 e. The van der Waals surface area contributed by atoms with Crippen LogP contribution in [0.4, 0.5) is 5.69 Å². The van der Waals surface area contributed by atoms with Crippen molar-refractivity contribution in [3.8, 4) is 0 Å². The summed E-state index contributed by atoms with van der Waals surface area (Å²) in [6, 6.07) is 8.86. The highest BCUT2D eigenvalue weighted by Crippen LogP contribution is 2.39. The van der Waals surface area contributed by atoms with Gasteiger partial charge in [-0.2, -0.15) is 5.10 Å². The van der Waals surface area contributed by atoms with Crippen molar-refractivity contribution in [2.45, 2.75) is 18.8 Å². The Hall–Kier alpha value is -1.81. The van der Waals surface area contributed by atoms with E-state index in [0.717, 1.165) is 5.69 Å². The smallest absolute Gasteiger partial charge is 0.276 e. The number of carbonyl (C=O) groups excluding carboxylic acids is 1. The van der Waals surface area contributed by atoms with Crippen molar-refractivity contribution < 1.29 is 4.79 Å². The van der Waals surface area contributed by atoms with Gasteiger partial charge >= 0.3 is 0 Å². The van der Waals surface area contributed by atoms with Gasteiger partial charge in [-0.1, -0.05) is 17.7 Å². The van der Waals surface area contributed by atoms with Crippen LogP contribution in [0.5, 0.6) is 0 Å². The molecular weight excluding hydrogens is 250 g/mol. The predicted molar refractivity (Wildman–Crippen MR) is 70.0 cm³/mol. The Balaban J connectivity index is 1.73. The van der Waals surface area contributed by atoms with Gasteiger partial charge in [0.1, 0.15) is 0 Å². The standard InChI is InChI=1S/C13H12ClN3O/c14-9-2-1-3-10(6-9)15-13(18)12-7-11(16-17-12)8-4-5-8/h1-3,6-8H,4-5H2,(H,15,18)(H,16,17). The van der Waals surface area contributed by atoms with E-state index in [1.165, 1.54) is 12.8 Å². The van der Waals surface area contributed by atoms with Crippen LogP contribution in [-0.2, 0) is 0 Å². The number of aromatic amines is 1. The minimum atomic E-state index is -0.222. The average molecular weight is 262 g/mol. The zero-order valence-corrected chi connectivity index (χ0v) is 10.4. The van der Waals surface area contributed by atoms with Crippen molar-refractivity contribution in [1.82, 2.24) is 10.2 Å². The second-order valence-corrected chi connectivity index (χ2v) is 4.88. The molecule has 0 unspecified atom stereocenters. The molecule has 0 saturated heterocycles. The summed E-state index contributed by atoms with van der Waals surface area (Å²) in [5, 5.41) is 10.3. The second-order valence-electron chi connectivity index (χ2n) is 4.45. The molecule has 4 nitrogen and oxygen atoms in total. The quantitative estimate of drug-likeness (QED) is 0.891. The Bertz CT molecular complexity index is 589. The van der Waals surface area contributed by atoms with Crippen molar-refractivity contribution in [1.29, 1.82) is 0 Å². The SMILES string of the molecule is O=C(Nc1cccc(Cl)c1)c1cc(C2CC2)[nH]n1. The molecule has 1 fully saturated rings. The molecule has 0 spiro atoms. The van der Waals surface area contributed by atoms with Gasteiger partial charge in [0.2, 0.25) is 0 Å². The Morgan fingerprint density at radius 1 is 1.39 bits per heavy atom. The van der Waals surface area contributed by atoms with Crippen molar-refractivity contribution in [3.63, 3.8) is 0 Å². The van der Waals surface area contributed by atoms with E-state index in [9.17, 15) is 4.79 Å². The molecule has 3 rings (SSSR count). The Morgan fingerprint density at radius 2 is 2.22 bits per heavy atom. The van der Waals surface area contributed by atoms with Crippen LogP contribution in [0, 0.1) is 0 Å². The average Bonchev–Trinajstić information content (AvgIpc) is 3.07. The molecule has 0 aliphatic heterocycles. The molecule has 2 aromatic rings. The van der Waals surface area contributed by atoms with Crippen molar-refractivity contribution in [2.75, 3.05) is 5.32 Å². The van der Waals surface area contributed by atoms with E-state index >= 15 is 0 Å². The van der Waals surface area contributed by atoms with Crippen LogP contribution in [0.2, 0.25) is 5.02 Å². The fourth-order valence-electron chi connectivity index (χ4n) is 1.82. The number of nitrogens with zero attached hydrogens (tertiary/aromatic N) is 1. The molecule has 0 radical (unpaired) electrons. The zero-order chi connectivity index (χ0) is 12.5. The van der Waals surface area contributed by atoms with E-state index in [0.29, 0.717) is 22.3 Å². The summed E-state index contributed by atoms with van der Waals surface area (Å²) in [6.07, 6.45) is 2.36. The highest BCUT2D eigenvalue weighted by Gasteiger charge is 2.26. The molecule has 1 aliphatic rings. The molecule has 1 aliphatic carbocycles. The first-order chi connectivity index (χ1) is 8.72. The Morgan fingerprint density at radius 3 is 2.94 bits per heavy atom. The lowest BCUT2D eigenvalue weighted by Gasteiger charge is -2.02. The van der Waals surface area contributed by atoms with Gasteiger partial charge in [0.15, 0.2) is 5.69 Å². The summed E-state index contributed by atoms with van der Waals surface area (Å²) in [5.74, 6) is 0.339. The maximum atomic E-state index is 11.9. The number of H-pyrrole nitrogens is 1. The van der Waals surface area contributed by atoms with Gasteiger partial charge in [0.05, 0.1) is 0 Å². The van der Waals surface area contributed by atoms with Crippen LogP contribution >= 0.6 is 11.6 Å². The van der Waals surface area contributed by atoms with Crippen LogP contribution in [0.25, 0.3) is 0 Å². The van der Waals surface area contributed by atoms with Gasteiger partial charge in [-0.15, -0.1) is 0 Å². The number of carbonyl (C=O) groups is 1. The van der Waals surface area contributed by atoms with Crippen LogP contribution < -0.4 is 5.32 Å². The fraction of sp³-hybridized carbons (Fsp3) is 0.231. The Kier molecular flexibility index (Phi) is 2.80. The van der Waals surface area contributed by atoms with Crippen molar-refractivity contribution in [2.24, 2.45) is 0 Å². The highest BCUT2D eigenvalue weighted by atomic mass is 35.5. The number of anilines is 1. The first-order valence-corrected chi connectivity index (χ1v) is 6.22. The van der Waals surface area contributed by atoms with Crippen molar-refractivity contribution in [3.05, 3.63) is 46.7 Å². The largest absolute Gasteiger partial charge is 0.321 e. The summed E-state index contributed by atoms with van der Waals surface area (Å²) in [5.41, 5.74) is 2.13. The van der Waals surface area contributed by atoms with Crippen LogP contribution in [0.3, 0.4) is 0 Å². The van der Waals surface area contributed by atoms with Gasteiger partial charge in [-0.25, -0.2) is 0 Å². The fourth-order valence-corrected chi connectivity index (χ4v) is 2.01. The van der Waals surface area contributed by atoms with Gasteiger partial charge in [-0.3, -0.25) is 9.89 Å². The molecule has 1 saturated carbocycles. The first-order valence-electron chi connectivity index (χ1n) is 5.84. The van der Waals surface area contributed by atoms with Crippen molar-refractivity contribution >= 4 is 23.2 Å². The van der Waals surface area contributed by atoms with E-state index in [1.807, 2.05) is 6.07 Å². The lowest BCUT2D eigenvalue weighted by Crippen LogP contribution is -2.12. The topological polar surface area (TPSA) is 57.8 Å². The molecule has 18 heavy (non-hydrogen) atoms. The molecule has 1 aromatic carbocycles. The van der Waals surface area contributed by atoms with Gasteiger partial charge in [-0.05, 0) is 37.1 Å². The summed E-state index contributed by atoms with van der Waals surface area (Å²) >= 11 is 5.86. The summed E-state index contributed by atoms with van der Waals surface area (Å²) in [6.45, 7) is 0. The van der Waals surface area contributed by atoms with Crippen LogP contribution in [-0.4, -0.2) is 16.1 Å². The zero-order valence-electron chi connectivity index (χ0n) is 9.61. The summed E-state index contributed by atoms with van der Waals surface area (Å²) in [7, 11) is 0. The number of nitrogens with one attached hydrogen (secondary N) is 2. The molecule has 1 amide bonds. The van der Waals surface area contributed by atoms with E-state index in [-0.39, 0.29) is 5.91 Å². The minimum absolute atomic E-state index is 0.222. The number of hydrogen-bond acceptors (Lipinski definition) is 2. The maximum absolute atomic E-state index is 11.9. The Labute approximate surface area is 109 Å². The molecule has 92 valence electrons. The number of halogens is 1. The number of hydrogen-bond donors (Lipinski definition) is 2. The summed E-state index contributed by atoms with van der Waals surface area (Å²) < 4.78 is 0. The predicted octanol–water partition coefficient (Wildman–Crippen LogP) is 3.19. The third-order valence-corrected chi connectivity index (χ3v) is 3.17. The third kappa shape index (κ3) is 2.38. The van der Waals surface area contributed by atoms with E-state index < -0.39 is 0 Å². The number of aromatic nitrogens is 2. The minimum Gasteiger partial charge on any atom is -0.321 e. The normalized spacial score (nSPS) is 14.5. The lowest BCUT2D eigenvalue weighted by molar-refractivity contribution is 0.102. The molecule has 0 bridgehead atoms. The molecule has 0 atom stereocenters. The van der Waals surface area contributed by atoms with E-state index in [4.69, 9.17) is 11.6 Å². The monoisotopic (exact) mass is 261 g/mol. The lowest BCUT2D eigenvalue weighted by atomic mass is 10.2. The first kappa shape index (κ1) is 11.3. The number of benzene rings is 1. The molecule has 2 N–H and O–H groups in total. The molecular formula is C13H12ClN3O. The van der Waals surface area contributed by atoms with Crippen LogP contribution in [0.1, 0.15) is 34.9 Å². The van der Waals surface area contributed by atoms with E-state index in [2.05, 4.69) is 15.5 Å². The number of amides is 1. The highest BCUT2D eigenvalue weighted by molar-refractivity contribution is 6.30. The second kappa shape index (κ2) is 4.46. The van der Waals surface area contributed by atoms with Crippen LogP contribution in [0.15, 0.2) is 30.3 Å². The number of rotatable bonds is 3. The van der Waals surface area contributed by atoms with Gasteiger partial charge < -0.3 is 5.32 Å². The van der Waals surface area contributed by atoms with Gasteiger partial charge in [0.25, 0.3) is 5.91 Å². The molecule has 5 heteroatoms. The van der Waals surface area contributed by atoms with E-state index in [1.54, 1.807) is 24.3 Å². The summed E-state index contributed by atoms with van der Waals surface area (Å²) in [4.78, 5) is 11.9.